The average Bonchev–Trinajstić information content (AvgIpc) is 3.35. The second-order valence-electron chi connectivity index (χ2n) is 10.9. The lowest BCUT2D eigenvalue weighted by atomic mass is 10.0. The van der Waals surface area contributed by atoms with Crippen molar-refractivity contribution >= 4 is 17.9 Å². The lowest BCUT2D eigenvalue weighted by Crippen LogP contribution is -2.65. The number of hydrogen-bond donors (Lipinski definition) is 1. The van der Waals surface area contributed by atoms with Crippen molar-refractivity contribution < 1.29 is 23.9 Å². The Balaban J connectivity index is 1.47. The summed E-state index contributed by atoms with van der Waals surface area (Å²) < 4.78 is 11.4. The Bertz CT molecular complexity index is 912. The molecule has 3 atom stereocenters. The summed E-state index contributed by atoms with van der Waals surface area (Å²) in [6.07, 6.45) is 3.84. The second-order valence-corrected chi connectivity index (χ2v) is 10.9. The summed E-state index contributed by atoms with van der Waals surface area (Å²) in [5.41, 5.74) is 0.273. The van der Waals surface area contributed by atoms with Gasteiger partial charge < -0.3 is 14.8 Å². The molecule has 198 valence electrons. The van der Waals surface area contributed by atoms with Gasteiger partial charge in [0.1, 0.15) is 17.7 Å². The van der Waals surface area contributed by atoms with Crippen LogP contribution in [-0.2, 0) is 25.7 Å². The average molecular weight is 501 g/mol. The van der Waals surface area contributed by atoms with Crippen LogP contribution in [0.2, 0.25) is 0 Å². The number of benzene rings is 1. The van der Waals surface area contributed by atoms with Crippen LogP contribution < -0.4 is 5.32 Å². The Morgan fingerprint density at radius 2 is 1.75 bits per heavy atom. The van der Waals surface area contributed by atoms with Gasteiger partial charge in [0.05, 0.1) is 13.2 Å². The third-order valence-electron chi connectivity index (χ3n) is 7.09. The van der Waals surface area contributed by atoms with Crippen molar-refractivity contribution in [3.8, 4) is 0 Å². The number of nitrogens with zero attached hydrogens (tertiary/aromatic N) is 3. The van der Waals surface area contributed by atoms with Gasteiger partial charge in [0, 0.05) is 19.1 Å². The Morgan fingerprint density at radius 3 is 2.44 bits per heavy atom. The molecule has 3 amide bonds. The molecule has 0 radical (unpaired) electrons. The van der Waals surface area contributed by atoms with E-state index < -0.39 is 29.7 Å². The number of hydrogen-bond acceptors (Lipinski definition) is 7. The van der Waals surface area contributed by atoms with E-state index in [4.69, 9.17) is 9.47 Å². The Labute approximate surface area is 214 Å². The van der Waals surface area contributed by atoms with E-state index in [9.17, 15) is 14.4 Å². The number of imide groups is 1. The van der Waals surface area contributed by atoms with Crippen LogP contribution in [0, 0.1) is 0 Å². The molecule has 0 aromatic heterocycles. The van der Waals surface area contributed by atoms with Crippen LogP contribution in [0.4, 0.5) is 4.79 Å². The van der Waals surface area contributed by atoms with Crippen molar-refractivity contribution in [3.05, 3.63) is 35.9 Å². The zero-order valence-corrected chi connectivity index (χ0v) is 21.8. The number of piperidine rings is 1. The lowest BCUT2D eigenvalue weighted by molar-refractivity contribution is -0.156. The normalized spacial score (nSPS) is 25.8. The number of carbonyl (C=O) groups excluding carboxylic acids is 3. The molecule has 0 aliphatic carbocycles. The van der Waals surface area contributed by atoms with Gasteiger partial charge in [-0.1, -0.05) is 36.8 Å². The van der Waals surface area contributed by atoms with Gasteiger partial charge in [0.15, 0.2) is 0 Å². The molecule has 0 spiro atoms. The Kier molecular flexibility index (Phi) is 8.64. The molecule has 1 N–H and O–H groups in total. The van der Waals surface area contributed by atoms with E-state index in [1.807, 2.05) is 30.3 Å². The summed E-state index contributed by atoms with van der Waals surface area (Å²) in [4.78, 5) is 45.4. The third kappa shape index (κ3) is 6.44. The molecule has 3 fully saturated rings. The van der Waals surface area contributed by atoms with Crippen LogP contribution in [0.3, 0.4) is 0 Å². The number of ether oxygens (including phenoxy) is 2. The summed E-state index contributed by atoms with van der Waals surface area (Å²) in [6, 6.07) is 8.42. The van der Waals surface area contributed by atoms with Gasteiger partial charge in [0.2, 0.25) is 5.91 Å². The van der Waals surface area contributed by atoms with E-state index in [1.54, 1.807) is 20.8 Å². The quantitative estimate of drug-likeness (QED) is 0.600. The van der Waals surface area contributed by atoms with E-state index in [-0.39, 0.29) is 31.6 Å². The molecular formula is C27H40N4O5. The maximum absolute atomic E-state index is 13.7. The highest BCUT2D eigenvalue weighted by atomic mass is 16.6. The molecule has 36 heavy (non-hydrogen) atoms. The minimum atomic E-state index is -0.920. The van der Waals surface area contributed by atoms with Gasteiger partial charge >= 0.3 is 6.09 Å². The van der Waals surface area contributed by atoms with Gasteiger partial charge in [-0.25, -0.2) is 4.79 Å². The van der Waals surface area contributed by atoms with Crippen LogP contribution in [0.1, 0.15) is 52.0 Å². The van der Waals surface area contributed by atoms with Crippen LogP contribution >= 0.6 is 0 Å². The zero-order valence-electron chi connectivity index (χ0n) is 21.8. The van der Waals surface area contributed by atoms with Crippen LogP contribution in [-0.4, -0.2) is 95.7 Å². The first-order valence-corrected chi connectivity index (χ1v) is 13.2. The minimum absolute atomic E-state index is 0.00952. The highest BCUT2D eigenvalue weighted by Gasteiger charge is 2.46. The molecule has 3 saturated heterocycles. The van der Waals surface area contributed by atoms with Crippen molar-refractivity contribution in [2.24, 2.45) is 0 Å². The number of likely N-dealkylation sites (tertiary alicyclic amines) is 1. The first-order chi connectivity index (χ1) is 17.2. The SMILES string of the molecule is CC(C)(C)OC(=O)N1CCN(C(=O)C2NCCC2N2CCCCC2)C(=O)[C@H]1COCc1ccccc1. The Hall–Kier alpha value is -2.49. The van der Waals surface area contributed by atoms with Crippen molar-refractivity contribution in [2.45, 2.75) is 76.8 Å². The van der Waals surface area contributed by atoms with E-state index >= 15 is 0 Å². The minimum Gasteiger partial charge on any atom is -0.444 e. The van der Waals surface area contributed by atoms with Crippen molar-refractivity contribution in [2.75, 3.05) is 39.3 Å². The fourth-order valence-corrected chi connectivity index (χ4v) is 5.32. The summed E-state index contributed by atoms with van der Waals surface area (Å²) >= 11 is 0. The standard InChI is InChI=1S/C27H40N4O5/c1-27(2,3)36-26(34)30-16-17-31(24(32)22(30)19-35-18-20-10-6-4-7-11-20)25(33)23-21(12-13-28-23)29-14-8-5-9-15-29/h4,6-7,10-11,21-23,28H,5,8-9,12-19H2,1-3H3/t21?,22-,23?/m1/s1. The second kappa shape index (κ2) is 11.7. The monoisotopic (exact) mass is 500 g/mol. The first-order valence-electron chi connectivity index (χ1n) is 13.2. The molecule has 9 heteroatoms. The van der Waals surface area contributed by atoms with Crippen molar-refractivity contribution in [1.29, 1.82) is 0 Å². The third-order valence-corrected chi connectivity index (χ3v) is 7.09. The first kappa shape index (κ1) is 26.6. The highest BCUT2D eigenvalue weighted by Crippen LogP contribution is 2.24. The van der Waals surface area contributed by atoms with E-state index in [0.29, 0.717) is 6.61 Å². The predicted octanol–water partition coefficient (Wildman–Crippen LogP) is 2.39. The van der Waals surface area contributed by atoms with Crippen LogP contribution in [0.15, 0.2) is 30.3 Å². The number of amides is 3. The number of nitrogens with one attached hydrogen (secondary N) is 1. The largest absolute Gasteiger partial charge is 0.444 e. The van der Waals surface area contributed by atoms with E-state index in [0.717, 1.165) is 44.5 Å². The van der Waals surface area contributed by atoms with E-state index in [1.165, 1.54) is 16.2 Å². The number of piperazine rings is 1. The molecule has 9 nitrogen and oxygen atoms in total. The molecule has 0 saturated carbocycles. The smallest absolute Gasteiger partial charge is 0.411 e. The summed E-state index contributed by atoms with van der Waals surface area (Å²) in [5, 5.41) is 3.34. The van der Waals surface area contributed by atoms with Crippen molar-refractivity contribution in [3.63, 3.8) is 0 Å². The van der Waals surface area contributed by atoms with Crippen LogP contribution in [0.25, 0.3) is 0 Å². The summed E-state index contributed by atoms with van der Waals surface area (Å²) in [5.74, 6) is -0.610. The summed E-state index contributed by atoms with van der Waals surface area (Å²) in [7, 11) is 0. The fourth-order valence-electron chi connectivity index (χ4n) is 5.32. The maximum Gasteiger partial charge on any atom is 0.411 e. The summed E-state index contributed by atoms with van der Waals surface area (Å²) in [6.45, 7) is 8.78. The molecular weight excluding hydrogens is 460 g/mol. The van der Waals surface area contributed by atoms with Crippen molar-refractivity contribution in [1.82, 2.24) is 20.0 Å². The molecule has 1 aromatic carbocycles. The number of rotatable bonds is 6. The fraction of sp³-hybridized carbons (Fsp3) is 0.667. The maximum atomic E-state index is 13.7. The zero-order chi connectivity index (χ0) is 25.7. The van der Waals surface area contributed by atoms with Gasteiger partial charge in [0.25, 0.3) is 5.91 Å². The van der Waals surface area contributed by atoms with Gasteiger partial charge in [-0.3, -0.25) is 24.3 Å². The topological polar surface area (TPSA) is 91.4 Å². The lowest BCUT2D eigenvalue weighted by Gasteiger charge is -2.42. The molecule has 3 heterocycles. The van der Waals surface area contributed by atoms with Gasteiger partial charge in [-0.15, -0.1) is 0 Å². The molecule has 3 aliphatic rings. The predicted molar refractivity (Wildman–Crippen MR) is 135 cm³/mol. The molecule has 0 bridgehead atoms. The molecule has 1 aromatic rings. The molecule has 4 rings (SSSR count). The van der Waals surface area contributed by atoms with Gasteiger partial charge in [-0.05, 0) is 65.2 Å². The van der Waals surface area contributed by atoms with Crippen LogP contribution in [0.5, 0.6) is 0 Å². The number of carbonyl (C=O) groups is 3. The molecule has 3 aliphatic heterocycles. The van der Waals surface area contributed by atoms with Gasteiger partial charge in [-0.2, -0.15) is 0 Å². The molecule has 2 unspecified atom stereocenters. The Morgan fingerprint density at radius 1 is 1.03 bits per heavy atom. The van der Waals surface area contributed by atoms with E-state index in [2.05, 4.69) is 10.2 Å². The highest BCUT2D eigenvalue weighted by molar-refractivity contribution is 6.02.